The standard InChI is InChI=1S/C18H25N3O/c1-13-6-4-5-7-17(13)14-8-16(9-14)19-12-18(2,22)15-10-20-21(3)11-15/h4-7,10-11,14,16,19,22H,8-9,12H2,1-3H3/t14?,16?,18-/m1/s1. The highest BCUT2D eigenvalue weighted by Crippen LogP contribution is 2.38. The van der Waals surface area contributed by atoms with E-state index in [1.807, 2.05) is 20.2 Å². The maximum Gasteiger partial charge on any atom is 0.102 e. The SMILES string of the molecule is Cc1ccccc1C1CC(NC[C@@](C)(O)c2cnn(C)c2)C1. The van der Waals surface area contributed by atoms with E-state index in [2.05, 4.69) is 41.6 Å². The molecule has 3 rings (SSSR count). The Labute approximate surface area is 132 Å². The summed E-state index contributed by atoms with van der Waals surface area (Å²) in [5.74, 6) is 0.655. The number of hydrogen-bond acceptors (Lipinski definition) is 3. The van der Waals surface area contributed by atoms with Gasteiger partial charge in [0.1, 0.15) is 5.60 Å². The molecule has 4 nitrogen and oxygen atoms in total. The molecule has 1 aromatic carbocycles. The van der Waals surface area contributed by atoms with Crippen LogP contribution in [0.4, 0.5) is 0 Å². The first-order valence-corrected chi connectivity index (χ1v) is 7.96. The minimum absolute atomic E-state index is 0.493. The summed E-state index contributed by atoms with van der Waals surface area (Å²) in [6.45, 7) is 4.58. The summed E-state index contributed by atoms with van der Waals surface area (Å²) in [6.07, 6.45) is 5.90. The van der Waals surface area contributed by atoms with Crippen molar-refractivity contribution in [3.05, 3.63) is 53.3 Å². The zero-order valence-electron chi connectivity index (χ0n) is 13.6. The van der Waals surface area contributed by atoms with E-state index < -0.39 is 5.60 Å². The third kappa shape index (κ3) is 3.08. The smallest absolute Gasteiger partial charge is 0.102 e. The summed E-state index contributed by atoms with van der Waals surface area (Å²) in [7, 11) is 1.87. The lowest BCUT2D eigenvalue weighted by Gasteiger charge is -2.38. The van der Waals surface area contributed by atoms with Crippen molar-refractivity contribution in [2.45, 2.75) is 44.2 Å². The second-order valence-electron chi connectivity index (χ2n) is 6.78. The summed E-state index contributed by atoms with van der Waals surface area (Å²) < 4.78 is 1.72. The van der Waals surface area contributed by atoms with E-state index in [-0.39, 0.29) is 0 Å². The largest absolute Gasteiger partial charge is 0.384 e. The van der Waals surface area contributed by atoms with Crippen LogP contribution < -0.4 is 5.32 Å². The number of nitrogens with one attached hydrogen (secondary N) is 1. The molecular weight excluding hydrogens is 274 g/mol. The van der Waals surface area contributed by atoms with Gasteiger partial charge in [-0.3, -0.25) is 4.68 Å². The molecule has 2 N–H and O–H groups in total. The predicted octanol–water partition coefficient (Wildman–Crippen LogP) is 2.47. The van der Waals surface area contributed by atoms with Gasteiger partial charge in [0.15, 0.2) is 0 Å². The van der Waals surface area contributed by atoms with Crippen molar-refractivity contribution in [1.82, 2.24) is 15.1 Å². The average molecular weight is 299 g/mol. The van der Waals surface area contributed by atoms with Crippen LogP contribution in [-0.2, 0) is 12.6 Å². The van der Waals surface area contributed by atoms with Crippen LogP contribution in [0, 0.1) is 6.92 Å². The molecule has 0 bridgehead atoms. The molecule has 1 heterocycles. The maximum atomic E-state index is 10.6. The van der Waals surface area contributed by atoms with Crippen molar-refractivity contribution >= 4 is 0 Å². The molecule has 2 aromatic rings. The third-order valence-electron chi connectivity index (χ3n) is 4.83. The first kappa shape index (κ1) is 15.3. The molecule has 0 aliphatic heterocycles. The molecule has 118 valence electrons. The highest BCUT2D eigenvalue weighted by atomic mass is 16.3. The van der Waals surface area contributed by atoms with Gasteiger partial charge in [-0.1, -0.05) is 24.3 Å². The van der Waals surface area contributed by atoms with Crippen molar-refractivity contribution in [2.75, 3.05) is 6.54 Å². The Bertz CT molecular complexity index is 641. The van der Waals surface area contributed by atoms with Gasteiger partial charge in [-0.25, -0.2) is 0 Å². The Morgan fingerprint density at radius 3 is 2.73 bits per heavy atom. The topological polar surface area (TPSA) is 50.1 Å². The van der Waals surface area contributed by atoms with Crippen LogP contribution in [0.5, 0.6) is 0 Å². The minimum Gasteiger partial charge on any atom is -0.384 e. The number of nitrogens with zero attached hydrogens (tertiary/aromatic N) is 2. The highest BCUT2D eigenvalue weighted by Gasteiger charge is 2.33. The van der Waals surface area contributed by atoms with Crippen molar-refractivity contribution in [3.8, 4) is 0 Å². The summed E-state index contributed by atoms with van der Waals surface area (Å²) in [5.41, 5.74) is 2.84. The van der Waals surface area contributed by atoms with Crippen molar-refractivity contribution in [3.63, 3.8) is 0 Å². The molecule has 0 spiro atoms. The van der Waals surface area contributed by atoms with Crippen LogP contribution in [0.15, 0.2) is 36.7 Å². The Hall–Kier alpha value is -1.65. The molecule has 1 aliphatic rings. The monoisotopic (exact) mass is 299 g/mol. The molecule has 1 fully saturated rings. The van der Waals surface area contributed by atoms with Gasteiger partial charge in [0.2, 0.25) is 0 Å². The highest BCUT2D eigenvalue weighted by molar-refractivity contribution is 5.31. The molecule has 1 aromatic heterocycles. The van der Waals surface area contributed by atoms with Crippen LogP contribution in [-0.4, -0.2) is 27.5 Å². The van der Waals surface area contributed by atoms with E-state index in [0.717, 1.165) is 18.4 Å². The van der Waals surface area contributed by atoms with E-state index in [9.17, 15) is 5.11 Å². The van der Waals surface area contributed by atoms with Gasteiger partial charge in [-0.05, 0) is 43.7 Å². The van der Waals surface area contributed by atoms with E-state index in [1.54, 1.807) is 10.9 Å². The van der Waals surface area contributed by atoms with E-state index in [1.165, 1.54) is 11.1 Å². The second kappa shape index (κ2) is 5.86. The lowest BCUT2D eigenvalue weighted by atomic mass is 9.74. The first-order chi connectivity index (χ1) is 10.5. The summed E-state index contributed by atoms with van der Waals surface area (Å²) >= 11 is 0. The lowest BCUT2D eigenvalue weighted by Crippen LogP contribution is -2.46. The first-order valence-electron chi connectivity index (χ1n) is 7.96. The Morgan fingerprint density at radius 1 is 1.36 bits per heavy atom. The van der Waals surface area contributed by atoms with Gasteiger partial charge < -0.3 is 10.4 Å². The number of aryl methyl sites for hydroxylation is 2. The fraction of sp³-hybridized carbons (Fsp3) is 0.500. The molecule has 1 aliphatic carbocycles. The van der Waals surface area contributed by atoms with Crippen LogP contribution in [0.2, 0.25) is 0 Å². The van der Waals surface area contributed by atoms with Gasteiger partial charge in [-0.15, -0.1) is 0 Å². The van der Waals surface area contributed by atoms with Gasteiger partial charge in [0.05, 0.1) is 6.20 Å². The van der Waals surface area contributed by atoms with E-state index in [0.29, 0.717) is 18.5 Å². The number of aliphatic hydroxyl groups is 1. The summed E-state index contributed by atoms with van der Waals surface area (Å²) in [5, 5.41) is 18.2. The number of benzene rings is 1. The van der Waals surface area contributed by atoms with Gasteiger partial charge in [0, 0.05) is 31.4 Å². The Balaban J connectivity index is 1.51. The molecule has 4 heteroatoms. The number of hydrogen-bond donors (Lipinski definition) is 2. The molecule has 0 amide bonds. The quantitative estimate of drug-likeness (QED) is 0.892. The average Bonchev–Trinajstić information content (AvgIpc) is 2.86. The maximum absolute atomic E-state index is 10.6. The third-order valence-corrected chi connectivity index (χ3v) is 4.83. The second-order valence-corrected chi connectivity index (χ2v) is 6.78. The molecule has 1 saturated carbocycles. The van der Waals surface area contributed by atoms with Gasteiger partial charge in [0.25, 0.3) is 0 Å². The van der Waals surface area contributed by atoms with E-state index in [4.69, 9.17) is 0 Å². The Kier molecular flexibility index (Phi) is 4.06. The molecule has 22 heavy (non-hydrogen) atoms. The predicted molar refractivity (Wildman–Crippen MR) is 87.7 cm³/mol. The zero-order chi connectivity index (χ0) is 15.7. The summed E-state index contributed by atoms with van der Waals surface area (Å²) in [6, 6.07) is 9.13. The van der Waals surface area contributed by atoms with Crippen LogP contribution >= 0.6 is 0 Å². The fourth-order valence-electron chi connectivity index (χ4n) is 3.23. The summed E-state index contributed by atoms with van der Waals surface area (Å²) in [4.78, 5) is 0. The van der Waals surface area contributed by atoms with E-state index >= 15 is 0 Å². The zero-order valence-corrected chi connectivity index (χ0v) is 13.6. The lowest BCUT2D eigenvalue weighted by molar-refractivity contribution is 0.0489. The van der Waals surface area contributed by atoms with Crippen LogP contribution in [0.25, 0.3) is 0 Å². The molecule has 1 atom stereocenters. The van der Waals surface area contributed by atoms with Gasteiger partial charge >= 0.3 is 0 Å². The molecule has 0 saturated heterocycles. The number of aromatic nitrogens is 2. The minimum atomic E-state index is -0.873. The van der Waals surface area contributed by atoms with Crippen LogP contribution in [0.3, 0.4) is 0 Å². The molecule has 0 radical (unpaired) electrons. The van der Waals surface area contributed by atoms with Crippen molar-refractivity contribution in [1.29, 1.82) is 0 Å². The van der Waals surface area contributed by atoms with Crippen LogP contribution in [0.1, 0.15) is 42.4 Å². The molecular formula is C18H25N3O. The van der Waals surface area contributed by atoms with Gasteiger partial charge in [-0.2, -0.15) is 5.10 Å². The van der Waals surface area contributed by atoms with Crippen molar-refractivity contribution in [2.24, 2.45) is 7.05 Å². The molecule has 0 unspecified atom stereocenters. The fourth-order valence-corrected chi connectivity index (χ4v) is 3.23. The van der Waals surface area contributed by atoms with Crippen molar-refractivity contribution < 1.29 is 5.11 Å². The number of rotatable bonds is 5. The normalized spacial score (nSPS) is 23.8. The Morgan fingerprint density at radius 2 is 2.09 bits per heavy atom.